The van der Waals surface area contributed by atoms with Crippen LogP contribution in [-0.2, 0) is 6.42 Å². The number of hydrogen-bond acceptors (Lipinski definition) is 3. The van der Waals surface area contributed by atoms with Crippen LogP contribution in [0.4, 0.5) is 0 Å². The summed E-state index contributed by atoms with van der Waals surface area (Å²) in [4.78, 5) is 5.76. The zero-order valence-corrected chi connectivity index (χ0v) is 11.6. The average molecular weight is 251 g/mol. The minimum absolute atomic E-state index is 0.560. The van der Waals surface area contributed by atoms with Gasteiger partial charge in [-0.2, -0.15) is 0 Å². The molecule has 2 aromatic heterocycles. The van der Waals surface area contributed by atoms with Gasteiger partial charge in [-0.1, -0.05) is 20.3 Å². The fourth-order valence-electron chi connectivity index (χ4n) is 2.31. The van der Waals surface area contributed by atoms with Crippen LogP contribution in [0.25, 0.3) is 4.96 Å². The van der Waals surface area contributed by atoms with E-state index in [1.165, 1.54) is 12.1 Å². The number of fused-ring (bicyclic) bond motifs is 1. The van der Waals surface area contributed by atoms with Gasteiger partial charge < -0.3 is 5.32 Å². The van der Waals surface area contributed by atoms with E-state index in [4.69, 9.17) is 0 Å². The highest BCUT2D eigenvalue weighted by Crippen LogP contribution is 2.18. The summed E-state index contributed by atoms with van der Waals surface area (Å²) in [6, 6.07) is 0.560. The highest BCUT2D eigenvalue weighted by atomic mass is 32.1. The van der Waals surface area contributed by atoms with Gasteiger partial charge >= 0.3 is 0 Å². The van der Waals surface area contributed by atoms with Crippen molar-refractivity contribution in [3.8, 4) is 0 Å². The maximum Gasteiger partial charge on any atom is 0.193 e. The second-order valence-corrected chi connectivity index (χ2v) is 5.42. The molecule has 3 nitrogen and oxygen atoms in total. The first-order chi connectivity index (χ1) is 8.24. The van der Waals surface area contributed by atoms with Gasteiger partial charge in [-0.25, -0.2) is 4.98 Å². The zero-order valence-electron chi connectivity index (χ0n) is 10.8. The average Bonchev–Trinajstić information content (AvgIpc) is 2.86. The lowest BCUT2D eigenvalue weighted by Gasteiger charge is -2.22. The molecule has 4 heteroatoms. The van der Waals surface area contributed by atoms with E-state index in [9.17, 15) is 0 Å². The first-order valence-electron chi connectivity index (χ1n) is 6.39. The number of imidazole rings is 1. The minimum atomic E-state index is 0.560. The van der Waals surface area contributed by atoms with E-state index in [1.807, 2.05) is 0 Å². The minimum Gasteiger partial charge on any atom is -0.314 e. The molecule has 2 aromatic rings. The third-order valence-electron chi connectivity index (χ3n) is 3.37. The highest BCUT2D eigenvalue weighted by molar-refractivity contribution is 7.15. The van der Waals surface area contributed by atoms with Crippen molar-refractivity contribution >= 4 is 16.3 Å². The lowest BCUT2D eigenvalue weighted by Crippen LogP contribution is -2.34. The molecule has 17 heavy (non-hydrogen) atoms. The van der Waals surface area contributed by atoms with Gasteiger partial charge in [0.1, 0.15) is 0 Å². The Morgan fingerprint density at radius 2 is 2.29 bits per heavy atom. The Morgan fingerprint density at radius 3 is 2.94 bits per heavy atom. The van der Waals surface area contributed by atoms with Gasteiger partial charge in [0, 0.05) is 23.8 Å². The molecule has 0 spiro atoms. The summed E-state index contributed by atoms with van der Waals surface area (Å²) in [6.45, 7) is 7.73. The molecule has 0 aliphatic rings. The Labute approximate surface area is 107 Å². The van der Waals surface area contributed by atoms with E-state index >= 15 is 0 Å². The van der Waals surface area contributed by atoms with Crippen molar-refractivity contribution in [3.05, 3.63) is 23.5 Å². The first-order valence-corrected chi connectivity index (χ1v) is 7.27. The number of hydrogen-bond donors (Lipinski definition) is 1. The van der Waals surface area contributed by atoms with E-state index in [0.717, 1.165) is 17.9 Å². The smallest absolute Gasteiger partial charge is 0.193 e. The molecular weight excluding hydrogens is 230 g/mol. The number of thiazole rings is 1. The van der Waals surface area contributed by atoms with E-state index in [0.29, 0.717) is 12.0 Å². The molecule has 0 saturated heterocycles. The van der Waals surface area contributed by atoms with Crippen LogP contribution >= 0.6 is 11.3 Å². The molecule has 0 amide bonds. The van der Waals surface area contributed by atoms with Crippen LogP contribution in [-0.4, -0.2) is 22.0 Å². The molecule has 2 heterocycles. The Balaban J connectivity index is 2.05. The van der Waals surface area contributed by atoms with Gasteiger partial charge in [0.05, 0.1) is 5.69 Å². The summed E-state index contributed by atoms with van der Waals surface area (Å²) in [5.74, 6) is 0.666. The van der Waals surface area contributed by atoms with Crippen LogP contribution < -0.4 is 5.32 Å². The third kappa shape index (κ3) is 2.87. The quantitative estimate of drug-likeness (QED) is 0.855. The largest absolute Gasteiger partial charge is 0.314 e. The topological polar surface area (TPSA) is 29.3 Å². The van der Waals surface area contributed by atoms with Crippen LogP contribution in [0.5, 0.6) is 0 Å². The number of nitrogens with one attached hydrogen (secondary N) is 1. The molecule has 0 aliphatic carbocycles. The summed E-state index contributed by atoms with van der Waals surface area (Å²) in [7, 11) is 0. The van der Waals surface area contributed by atoms with E-state index in [2.05, 4.69) is 53.2 Å². The van der Waals surface area contributed by atoms with Crippen molar-refractivity contribution in [2.75, 3.05) is 6.54 Å². The summed E-state index contributed by atoms with van der Waals surface area (Å²) in [5.41, 5.74) is 1.22. The Bertz CT molecular complexity index is 431. The van der Waals surface area contributed by atoms with Gasteiger partial charge in [-0.3, -0.25) is 4.40 Å². The molecule has 0 radical (unpaired) electrons. The van der Waals surface area contributed by atoms with Crippen LogP contribution in [0.3, 0.4) is 0 Å². The lowest BCUT2D eigenvalue weighted by molar-refractivity contribution is 0.365. The summed E-state index contributed by atoms with van der Waals surface area (Å²) >= 11 is 1.70. The molecular formula is C13H21N3S. The molecule has 2 unspecified atom stereocenters. The molecule has 0 aliphatic heterocycles. The molecule has 2 atom stereocenters. The number of aromatic nitrogens is 2. The maximum absolute atomic E-state index is 4.66. The molecule has 94 valence electrons. The maximum atomic E-state index is 4.66. The first kappa shape index (κ1) is 12.6. The fourth-order valence-corrected chi connectivity index (χ4v) is 3.03. The summed E-state index contributed by atoms with van der Waals surface area (Å²) < 4.78 is 2.12. The standard InChI is InChI=1S/C13H21N3S/c1-4-11(10(3)14-5-2)8-12-9-16-6-7-17-13(16)15-12/h6-7,9-11,14H,4-5,8H2,1-3H3. The number of nitrogens with zero attached hydrogens (tertiary/aromatic N) is 2. The van der Waals surface area contributed by atoms with Gasteiger partial charge in [-0.15, -0.1) is 11.3 Å². The van der Waals surface area contributed by atoms with E-state index in [1.54, 1.807) is 11.3 Å². The lowest BCUT2D eigenvalue weighted by atomic mass is 9.93. The SMILES string of the molecule is CCNC(C)C(CC)Cc1cn2ccsc2n1. The van der Waals surface area contributed by atoms with Gasteiger partial charge in [0.2, 0.25) is 0 Å². The van der Waals surface area contributed by atoms with Crippen molar-refractivity contribution in [1.29, 1.82) is 0 Å². The van der Waals surface area contributed by atoms with Gasteiger partial charge in [0.25, 0.3) is 0 Å². The van der Waals surface area contributed by atoms with Crippen molar-refractivity contribution in [1.82, 2.24) is 14.7 Å². The van der Waals surface area contributed by atoms with Crippen LogP contribution in [0.1, 0.15) is 32.9 Å². The normalized spacial score (nSPS) is 15.2. The Kier molecular flexibility index (Phi) is 4.18. The zero-order chi connectivity index (χ0) is 12.3. The van der Waals surface area contributed by atoms with E-state index in [-0.39, 0.29) is 0 Å². The molecule has 0 fully saturated rings. The van der Waals surface area contributed by atoms with Crippen LogP contribution in [0, 0.1) is 5.92 Å². The van der Waals surface area contributed by atoms with Crippen LogP contribution in [0.2, 0.25) is 0 Å². The monoisotopic (exact) mass is 251 g/mol. The molecule has 2 rings (SSSR count). The predicted octanol–water partition coefficient (Wildman–Crippen LogP) is 2.96. The van der Waals surface area contributed by atoms with Crippen molar-refractivity contribution in [3.63, 3.8) is 0 Å². The summed E-state index contributed by atoms with van der Waals surface area (Å²) in [6.07, 6.45) is 6.50. The Hall–Kier alpha value is -0.870. The van der Waals surface area contributed by atoms with Gasteiger partial charge in [0.15, 0.2) is 4.96 Å². The van der Waals surface area contributed by atoms with Crippen molar-refractivity contribution in [2.45, 2.75) is 39.7 Å². The second-order valence-electron chi connectivity index (χ2n) is 4.54. The van der Waals surface area contributed by atoms with Crippen molar-refractivity contribution < 1.29 is 0 Å². The predicted molar refractivity (Wildman–Crippen MR) is 73.7 cm³/mol. The van der Waals surface area contributed by atoms with Crippen molar-refractivity contribution in [2.24, 2.45) is 5.92 Å². The molecule has 1 N–H and O–H groups in total. The Morgan fingerprint density at radius 1 is 1.47 bits per heavy atom. The third-order valence-corrected chi connectivity index (χ3v) is 4.14. The number of rotatable bonds is 6. The molecule has 0 bridgehead atoms. The summed E-state index contributed by atoms with van der Waals surface area (Å²) in [5, 5.41) is 5.59. The van der Waals surface area contributed by atoms with Crippen LogP contribution in [0.15, 0.2) is 17.8 Å². The van der Waals surface area contributed by atoms with E-state index < -0.39 is 0 Å². The second kappa shape index (κ2) is 5.65. The highest BCUT2D eigenvalue weighted by Gasteiger charge is 2.16. The molecule has 0 saturated carbocycles. The van der Waals surface area contributed by atoms with Gasteiger partial charge in [-0.05, 0) is 25.8 Å². The fraction of sp³-hybridized carbons (Fsp3) is 0.615. The molecule has 0 aromatic carbocycles.